The van der Waals surface area contributed by atoms with Gasteiger partial charge in [0.1, 0.15) is 16.9 Å². The van der Waals surface area contributed by atoms with Gasteiger partial charge in [0.25, 0.3) is 0 Å². The minimum Gasteiger partial charge on any atom is -0.464 e. The van der Waals surface area contributed by atoms with Crippen LogP contribution in [0, 0.1) is 0 Å². The van der Waals surface area contributed by atoms with Gasteiger partial charge in [0.15, 0.2) is 0 Å². The Labute approximate surface area is 206 Å². The first-order chi connectivity index (χ1) is 17.3. The van der Waals surface area contributed by atoms with Gasteiger partial charge in [0.05, 0.1) is 6.26 Å². The van der Waals surface area contributed by atoms with Crippen molar-refractivity contribution in [3.05, 3.63) is 72.7 Å². The summed E-state index contributed by atoms with van der Waals surface area (Å²) in [5.41, 5.74) is 1.95. The van der Waals surface area contributed by atoms with Crippen molar-refractivity contribution in [3.8, 4) is 0 Å². The van der Waals surface area contributed by atoms with E-state index in [9.17, 15) is 0 Å². The van der Waals surface area contributed by atoms with Gasteiger partial charge in [0, 0.05) is 17.2 Å². The largest absolute Gasteiger partial charge is 0.464 e. The molecule has 0 saturated heterocycles. The minimum absolute atomic E-state index is 0.942. The fourth-order valence-electron chi connectivity index (χ4n) is 5.80. The Morgan fingerprint density at radius 2 is 1.00 bits per heavy atom. The van der Waals surface area contributed by atoms with Crippen LogP contribution in [-0.2, 0) is 6.42 Å². The predicted octanol–water partition coefficient (Wildman–Crippen LogP) is 10.7. The molecule has 0 amide bonds. The Morgan fingerprint density at radius 3 is 1.66 bits per heavy atom. The summed E-state index contributed by atoms with van der Waals surface area (Å²) in [7, 11) is 0. The molecule has 0 bridgehead atoms. The molecule has 2 nitrogen and oxygen atoms in total. The monoisotopic (exact) mass is 462 g/mol. The molecule has 6 rings (SSSR count). The molecule has 2 aromatic heterocycles. The molecule has 178 valence electrons. The van der Waals surface area contributed by atoms with E-state index in [1.165, 1.54) is 101 Å². The second-order valence-electron chi connectivity index (χ2n) is 10.1. The molecule has 2 heterocycles. The summed E-state index contributed by atoms with van der Waals surface area (Å²) in [6.07, 6.45) is 15.0. The van der Waals surface area contributed by atoms with Crippen LogP contribution >= 0.6 is 0 Å². The van der Waals surface area contributed by atoms with Crippen molar-refractivity contribution in [2.45, 2.75) is 71.1 Å². The molecule has 0 radical (unpaired) electrons. The number of furan rings is 2. The van der Waals surface area contributed by atoms with Gasteiger partial charge >= 0.3 is 0 Å². The molecule has 0 fully saturated rings. The highest BCUT2D eigenvalue weighted by Gasteiger charge is 2.12. The van der Waals surface area contributed by atoms with Gasteiger partial charge in [-0.15, -0.1) is 0 Å². The minimum atomic E-state index is 0.942. The van der Waals surface area contributed by atoms with E-state index in [2.05, 4.69) is 67.6 Å². The maximum Gasteiger partial charge on any atom is 0.134 e. The van der Waals surface area contributed by atoms with E-state index < -0.39 is 0 Å². The van der Waals surface area contributed by atoms with E-state index >= 15 is 0 Å². The molecule has 0 atom stereocenters. The topological polar surface area (TPSA) is 26.3 Å². The van der Waals surface area contributed by atoms with Gasteiger partial charge in [0.2, 0.25) is 0 Å². The highest BCUT2D eigenvalue weighted by molar-refractivity contribution is 6.24. The van der Waals surface area contributed by atoms with Crippen molar-refractivity contribution < 1.29 is 8.83 Å². The van der Waals surface area contributed by atoms with Crippen molar-refractivity contribution in [2.75, 3.05) is 0 Å². The maximum absolute atomic E-state index is 6.26. The van der Waals surface area contributed by atoms with Crippen LogP contribution in [0.1, 0.15) is 70.5 Å². The van der Waals surface area contributed by atoms with E-state index in [-0.39, 0.29) is 0 Å². The number of rotatable bonds is 10. The second kappa shape index (κ2) is 9.77. The van der Waals surface area contributed by atoms with Gasteiger partial charge in [-0.05, 0) is 63.0 Å². The lowest BCUT2D eigenvalue weighted by atomic mass is 9.95. The molecule has 0 saturated carbocycles. The fourth-order valence-corrected chi connectivity index (χ4v) is 5.80. The molecule has 6 aromatic rings. The van der Waals surface area contributed by atoms with Crippen LogP contribution in [0.3, 0.4) is 0 Å². The summed E-state index contributed by atoms with van der Waals surface area (Å²) in [6, 6.07) is 22.1. The number of unbranched alkanes of at least 4 members (excludes halogenated alkanes) is 8. The van der Waals surface area contributed by atoms with Crippen LogP contribution in [0.2, 0.25) is 0 Å². The van der Waals surface area contributed by atoms with Crippen LogP contribution in [0.25, 0.3) is 54.3 Å². The molecule has 0 aliphatic carbocycles. The standard InChI is InChI=1S/C33H34O2/c1-2-3-4-5-6-7-8-9-10-11-23-22-31-29-15-13-24-25(27(29)17-19-33(31)35-23)12-14-28-26(24)16-18-32-30(28)20-21-34-32/h12-22H,2-11H2,1H3. The third kappa shape index (κ3) is 4.20. The molecule has 0 N–H and O–H groups in total. The fraction of sp³-hybridized carbons (Fsp3) is 0.333. The molecule has 4 aromatic carbocycles. The zero-order valence-corrected chi connectivity index (χ0v) is 20.7. The van der Waals surface area contributed by atoms with Gasteiger partial charge in [-0.25, -0.2) is 0 Å². The lowest BCUT2D eigenvalue weighted by Gasteiger charge is -2.08. The Bertz CT molecular complexity index is 1610. The third-order valence-corrected chi connectivity index (χ3v) is 7.70. The van der Waals surface area contributed by atoms with Crippen molar-refractivity contribution >= 4 is 54.3 Å². The smallest absolute Gasteiger partial charge is 0.134 e. The number of fused-ring (bicyclic) bond motifs is 9. The van der Waals surface area contributed by atoms with E-state index in [0.717, 1.165) is 23.3 Å². The molecular formula is C33H34O2. The second-order valence-corrected chi connectivity index (χ2v) is 10.1. The first kappa shape index (κ1) is 22.2. The van der Waals surface area contributed by atoms with Gasteiger partial charge < -0.3 is 8.83 Å². The molecule has 0 aliphatic rings. The molecule has 0 aliphatic heterocycles. The quantitative estimate of drug-likeness (QED) is 0.149. The molecule has 2 heteroatoms. The van der Waals surface area contributed by atoms with Gasteiger partial charge in [-0.2, -0.15) is 0 Å². The lowest BCUT2D eigenvalue weighted by Crippen LogP contribution is -1.84. The maximum atomic E-state index is 6.26. The molecule has 0 unspecified atom stereocenters. The first-order valence-electron chi connectivity index (χ1n) is 13.5. The summed E-state index contributed by atoms with van der Waals surface area (Å²) in [5.74, 6) is 1.12. The molecular weight excluding hydrogens is 428 g/mol. The zero-order chi connectivity index (χ0) is 23.6. The summed E-state index contributed by atoms with van der Waals surface area (Å²) in [5, 5.41) is 10.1. The highest BCUT2D eigenvalue weighted by Crippen LogP contribution is 2.37. The predicted molar refractivity (Wildman–Crippen MR) is 149 cm³/mol. The summed E-state index contributed by atoms with van der Waals surface area (Å²) < 4.78 is 11.9. The number of benzene rings is 4. The van der Waals surface area contributed by atoms with E-state index in [0.29, 0.717) is 0 Å². The zero-order valence-electron chi connectivity index (χ0n) is 20.7. The Kier molecular flexibility index (Phi) is 6.21. The average molecular weight is 463 g/mol. The first-order valence-corrected chi connectivity index (χ1v) is 13.5. The van der Waals surface area contributed by atoms with E-state index in [1.54, 1.807) is 6.26 Å². The summed E-state index contributed by atoms with van der Waals surface area (Å²) in [4.78, 5) is 0. The number of hydrogen-bond donors (Lipinski definition) is 0. The van der Waals surface area contributed by atoms with Crippen molar-refractivity contribution in [1.82, 2.24) is 0 Å². The highest BCUT2D eigenvalue weighted by atomic mass is 16.3. The number of hydrogen-bond acceptors (Lipinski definition) is 2. The van der Waals surface area contributed by atoms with Crippen LogP contribution < -0.4 is 0 Å². The van der Waals surface area contributed by atoms with Crippen molar-refractivity contribution in [1.29, 1.82) is 0 Å². The van der Waals surface area contributed by atoms with Crippen LogP contribution in [0.4, 0.5) is 0 Å². The third-order valence-electron chi connectivity index (χ3n) is 7.70. The average Bonchev–Trinajstić information content (AvgIpc) is 3.54. The van der Waals surface area contributed by atoms with Crippen LogP contribution in [0.15, 0.2) is 75.8 Å². The number of aryl methyl sites for hydroxylation is 1. The van der Waals surface area contributed by atoms with Crippen LogP contribution in [0.5, 0.6) is 0 Å². The summed E-state index contributed by atoms with van der Waals surface area (Å²) >= 11 is 0. The van der Waals surface area contributed by atoms with E-state index in [1.807, 2.05) is 0 Å². The van der Waals surface area contributed by atoms with Gasteiger partial charge in [-0.1, -0.05) is 94.7 Å². The normalized spacial score (nSPS) is 12.1. The SMILES string of the molecule is CCCCCCCCCCCc1cc2c(ccc3c2ccc2c4ccc5occc5c4ccc32)o1. The molecule has 35 heavy (non-hydrogen) atoms. The Balaban J connectivity index is 1.23. The van der Waals surface area contributed by atoms with E-state index in [4.69, 9.17) is 8.83 Å². The molecule has 0 spiro atoms. The van der Waals surface area contributed by atoms with Crippen LogP contribution in [-0.4, -0.2) is 0 Å². The van der Waals surface area contributed by atoms with Crippen molar-refractivity contribution in [3.63, 3.8) is 0 Å². The van der Waals surface area contributed by atoms with Crippen molar-refractivity contribution in [2.24, 2.45) is 0 Å². The summed E-state index contributed by atoms with van der Waals surface area (Å²) in [6.45, 7) is 2.28. The lowest BCUT2D eigenvalue weighted by molar-refractivity contribution is 0.517. The Hall–Kier alpha value is -3.26. The van der Waals surface area contributed by atoms with Gasteiger partial charge in [-0.3, -0.25) is 0 Å². The Morgan fingerprint density at radius 1 is 0.486 bits per heavy atom.